The average molecular weight is 494 g/mol. The highest BCUT2D eigenvalue weighted by molar-refractivity contribution is 9.11. The van der Waals surface area contributed by atoms with E-state index in [4.69, 9.17) is 4.74 Å². The average Bonchev–Trinajstić information content (AvgIpc) is 3.16. The number of aromatic nitrogens is 2. The minimum Gasteiger partial charge on any atom is -0.506 e. The molecule has 7 nitrogen and oxygen atoms in total. The monoisotopic (exact) mass is 492 g/mol. The number of phenolic OH excluding ortho intramolecular Hbond substituents is 1. The van der Waals surface area contributed by atoms with Gasteiger partial charge >= 0.3 is 0 Å². The van der Waals surface area contributed by atoms with E-state index in [1.165, 1.54) is 6.21 Å². The fourth-order valence-corrected chi connectivity index (χ4v) is 3.51. The molecule has 1 heterocycles. The molecule has 3 aromatic rings. The number of rotatable bonds is 5. The number of nitrogens with one attached hydrogen (secondary N) is 2. The molecule has 0 fully saturated rings. The quantitative estimate of drug-likeness (QED) is 0.368. The Morgan fingerprint density at radius 1 is 1.26 bits per heavy atom. The molecule has 0 unspecified atom stereocenters. The van der Waals surface area contributed by atoms with Crippen LogP contribution >= 0.6 is 31.9 Å². The Balaban J connectivity index is 1.69. The first-order valence-electron chi connectivity index (χ1n) is 7.69. The van der Waals surface area contributed by atoms with Crippen LogP contribution in [0.25, 0.3) is 11.3 Å². The van der Waals surface area contributed by atoms with Gasteiger partial charge in [-0.2, -0.15) is 10.2 Å². The van der Waals surface area contributed by atoms with Gasteiger partial charge in [0.05, 0.1) is 23.5 Å². The molecule has 0 bridgehead atoms. The molecule has 0 aliphatic rings. The minimum absolute atomic E-state index is 0.0273. The lowest BCUT2D eigenvalue weighted by molar-refractivity contribution is 0.0950. The largest absolute Gasteiger partial charge is 0.506 e. The van der Waals surface area contributed by atoms with Gasteiger partial charge in [0.25, 0.3) is 5.91 Å². The summed E-state index contributed by atoms with van der Waals surface area (Å²) in [6.45, 7) is 0. The maximum Gasteiger partial charge on any atom is 0.289 e. The van der Waals surface area contributed by atoms with E-state index in [9.17, 15) is 9.90 Å². The zero-order chi connectivity index (χ0) is 19.4. The summed E-state index contributed by atoms with van der Waals surface area (Å²) in [7, 11) is 1.60. The van der Waals surface area contributed by atoms with Crippen LogP contribution in [0.2, 0.25) is 0 Å². The van der Waals surface area contributed by atoms with Crippen LogP contribution in [0, 0.1) is 0 Å². The summed E-state index contributed by atoms with van der Waals surface area (Å²) >= 11 is 6.57. The number of halogens is 2. The van der Waals surface area contributed by atoms with E-state index in [1.54, 1.807) is 25.3 Å². The van der Waals surface area contributed by atoms with Crippen LogP contribution in [0.3, 0.4) is 0 Å². The zero-order valence-corrected chi connectivity index (χ0v) is 17.2. The smallest absolute Gasteiger partial charge is 0.289 e. The van der Waals surface area contributed by atoms with E-state index in [2.05, 4.69) is 52.6 Å². The number of benzene rings is 2. The fourth-order valence-electron chi connectivity index (χ4n) is 2.25. The van der Waals surface area contributed by atoms with E-state index in [0.29, 0.717) is 15.7 Å². The number of hydrazone groups is 1. The Bertz CT molecular complexity index is 1000. The molecular weight excluding hydrogens is 480 g/mol. The van der Waals surface area contributed by atoms with E-state index in [1.807, 2.05) is 24.3 Å². The number of methoxy groups -OCH3 is 1. The zero-order valence-electron chi connectivity index (χ0n) is 14.0. The normalized spacial score (nSPS) is 10.9. The first kappa shape index (κ1) is 19.1. The third kappa shape index (κ3) is 4.55. The topological polar surface area (TPSA) is 99.6 Å². The number of hydrogen-bond acceptors (Lipinski definition) is 5. The molecule has 0 aliphatic carbocycles. The van der Waals surface area contributed by atoms with E-state index in [0.717, 1.165) is 15.8 Å². The molecule has 3 N–H and O–H groups in total. The summed E-state index contributed by atoms with van der Waals surface area (Å²) < 4.78 is 6.40. The van der Waals surface area contributed by atoms with E-state index < -0.39 is 5.91 Å². The molecule has 2 aromatic carbocycles. The lowest BCUT2D eigenvalue weighted by atomic mass is 10.1. The Kier molecular flexibility index (Phi) is 5.92. The number of nitrogens with zero attached hydrogens (tertiary/aromatic N) is 2. The molecule has 0 saturated heterocycles. The van der Waals surface area contributed by atoms with Gasteiger partial charge in [0.1, 0.15) is 17.2 Å². The predicted molar refractivity (Wildman–Crippen MR) is 109 cm³/mol. The molecular formula is C18H14Br2N4O3. The summed E-state index contributed by atoms with van der Waals surface area (Å²) in [5.74, 6) is 0.315. The van der Waals surface area contributed by atoms with Crippen molar-refractivity contribution in [1.29, 1.82) is 0 Å². The lowest BCUT2D eigenvalue weighted by Gasteiger charge is -2.02. The summed E-state index contributed by atoms with van der Waals surface area (Å²) in [4.78, 5) is 12.2. The van der Waals surface area contributed by atoms with Crippen LogP contribution in [0.15, 0.2) is 56.5 Å². The SMILES string of the molecule is COc1ccc(-c2cc(C(=O)NN=Cc3cc(Br)cc(Br)c3O)[nH]n2)cc1. The van der Waals surface area contributed by atoms with E-state index in [-0.39, 0.29) is 11.4 Å². The Morgan fingerprint density at radius 2 is 2.00 bits per heavy atom. The van der Waals surface area contributed by atoms with Crippen molar-refractivity contribution in [1.82, 2.24) is 15.6 Å². The van der Waals surface area contributed by atoms with Crippen LogP contribution in [0.1, 0.15) is 16.1 Å². The molecule has 1 aromatic heterocycles. The number of phenols is 1. The molecule has 0 spiro atoms. The molecule has 9 heteroatoms. The Morgan fingerprint density at radius 3 is 2.70 bits per heavy atom. The summed E-state index contributed by atoms with van der Waals surface area (Å²) in [6, 6.07) is 12.3. The third-order valence-electron chi connectivity index (χ3n) is 3.64. The number of H-pyrrole nitrogens is 1. The number of carbonyl (C=O) groups is 1. The van der Waals surface area contributed by atoms with Crippen molar-refractivity contribution in [2.75, 3.05) is 7.11 Å². The van der Waals surface area contributed by atoms with Gasteiger partial charge < -0.3 is 9.84 Å². The van der Waals surface area contributed by atoms with E-state index >= 15 is 0 Å². The maximum absolute atomic E-state index is 12.2. The van der Waals surface area contributed by atoms with Gasteiger partial charge in [-0.1, -0.05) is 15.9 Å². The molecule has 1 amide bonds. The van der Waals surface area contributed by atoms with Gasteiger partial charge in [-0.15, -0.1) is 0 Å². The molecule has 138 valence electrons. The number of amides is 1. The first-order chi connectivity index (χ1) is 13.0. The van der Waals surface area contributed by atoms with Crippen molar-refractivity contribution in [3.63, 3.8) is 0 Å². The van der Waals surface area contributed by atoms with Gasteiger partial charge in [-0.25, -0.2) is 5.43 Å². The van der Waals surface area contributed by atoms with Crippen molar-refractivity contribution in [3.05, 3.63) is 62.7 Å². The van der Waals surface area contributed by atoms with Crippen LogP contribution in [0.5, 0.6) is 11.5 Å². The van der Waals surface area contributed by atoms with Gasteiger partial charge in [0.15, 0.2) is 0 Å². The second kappa shape index (κ2) is 8.36. The van der Waals surface area contributed by atoms with Gasteiger partial charge in [0.2, 0.25) is 0 Å². The molecule has 27 heavy (non-hydrogen) atoms. The number of ether oxygens (including phenoxy) is 1. The van der Waals surface area contributed by atoms with Crippen LogP contribution in [-0.4, -0.2) is 34.5 Å². The number of hydrogen-bond donors (Lipinski definition) is 3. The minimum atomic E-state index is -0.452. The molecule has 0 atom stereocenters. The van der Waals surface area contributed by atoms with Gasteiger partial charge in [-0.05, 0) is 58.4 Å². The highest BCUT2D eigenvalue weighted by Crippen LogP contribution is 2.30. The Hall–Kier alpha value is -2.65. The van der Waals surface area contributed by atoms with Crippen molar-refractivity contribution in [2.45, 2.75) is 0 Å². The number of aromatic amines is 1. The lowest BCUT2D eigenvalue weighted by Crippen LogP contribution is -2.18. The second-order valence-electron chi connectivity index (χ2n) is 5.42. The van der Waals surface area contributed by atoms with Crippen molar-refractivity contribution in [2.24, 2.45) is 5.10 Å². The molecule has 0 radical (unpaired) electrons. The van der Waals surface area contributed by atoms with Crippen LogP contribution in [-0.2, 0) is 0 Å². The molecule has 3 rings (SSSR count). The first-order valence-corrected chi connectivity index (χ1v) is 9.28. The summed E-state index contributed by atoms with van der Waals surface area (Å²) in [5.41, 5.74) is 4.57. The second-order valence-corrected chi connectivity index (χ2v) is 7.19. The van der Waals surface area contributed by atoms with Crippen LogP contribution in [0.4, 0.5) is 0 Å². The summed E-state index contributed by atoms with van der Waals surface area (Å²) in [5, 5.41) is 20.7. The third-order valence-corrected chi connectivity index (χ3v) is 4.70. The van der Waals surface area contributed by atoms with Crippen LogP contribution < -0.4 is 10.2 Å². The standard InChI is InChI=1S/C18H14Br2N4O3/c1-27-13-4-2-10(3-5-13)15-8-16(23-22-15)18(26)24-21-9-11-6-12(19)7-14(20)17(11)25/h2-9,25H,1H3,(H,22,23)(H,24,26). The Labute approximate surface area is 171 Å². The van der Waals surface area contributed by atoms with Crippen molar-refractivity contribution >= 4 is 44.0 Å². The number of aromatic hydroxyl groups is 1. The van der Waals surface area contributed by atoms with Gasteiger partial charge in [-0.3, -0.25) is 9.89 Å². The van der Waals surface area contributed by atoms with Crippen molar-refractivity contribution in [3.8, 4) is 22.8 Å². The highest BCUT2D eigenvalue weighted by Gasteiger charge is 2.11. The number of carbonyl (C=O) groups excluding carboxylic acids is 1. The maximum atomic E-state index is 12.2. The molecule has 0 saturated carbocycles. The predicted octanol–water partition coefficient (Wildman–Crippen LogP) is 4.08. The summed E-state index contributed by atoms with van der Waals surface area (Å²) in [6.07, 6.45) is 1.35. The van der Waals surface area contributed by atoms with Gasteiger partial charge in [0, 0.05) is 15.6 Å². The molecule has 0 aliphatic heterocycles. The highest BCUT2D eigenvalue weighted by atomic mass is 79.9. The fraction of sp³-hybridized carbons (Fsp3) is 0.0556. The van der Waals surface area contributed by atoms with Crippen molar-refractivity contribution < 1.29 is 14.6 Å².